The van der Waals surface area contributed by atoms with Crippen LogP contribution in [0.25, 0.3) is 0 Å². The van der Waals surface area contributed by atoms with Crippen molar-refractivity contribution in [3.05, 3.63) is 64.9 Å². The number of benzene rings is 2. The van der Waals surface area contributed by atoms with Crippen molar-refractivity contribution in [3.8, 4) is 0 Å². The highest BCUT2D eigenvalue weighted by atomic mass is 35.5. The van der Waals surface area contributed by atoms with E-state index in [0.717, 1.165) is 5.56 Å². The van der Waals surface area contributed by atoms with Crippen LogP contribution in [0.15, 0.2) is 48.5 Å². The first-order chi connectivity index (χ1) is 12.3. The molecular formula is C19H21ClFN3O2. The van der Waals surface area contributed by atoms with Gasteiger partial charge in [-0.15, -0.1) is 0 Å². The summed E-state index contributed by atoms with van der Waals surface area (Å²) in [6.07, 6.45) is 0. The molecule has 0 aromatic heterocycles. The van der Waals surface area contributed by atoms with Crippen molar-refractivity contribution < 1.29 is 14.0 Å². The summed E-state index contributed by atoms with van der Waals surface area (Å²) in [7, 11) is 1.68. The van der Waals surface area contributed by atoms with Crippen molar-refractivity contribution in [2.24, 2.45) is 0 Å². The number of rotatable bonds is 7. The van der Waals surface area contributed by atoms with E-state index in [4.69, 9.17) is 11.6 Å². The molecule has 0 spiro atoms. The van der Waals surface area contributed by atoms with E-state index < -0.39 is 0 Å². The van der Waals surface area contributed by atoms with Crippen LogP contribution in [0.4, 0.5) is 10.1 Å². The number of likely N-dealkylation sites (N-methyl/N-ethyl adjacent to an activating group) is 1. The molecule has 0 unspecified atom stereocenters. The zero-order chi connectivity index (χ0) is 19.1. The number of carbonyl (C=O) groups is 2. The third-order valence-electron chi connectivity index (χ3n) is 3.70. The molecule has 2 N–H and O–H groups in total. The van der Waals surface area contributed by atoms with Crippen LogP contribution in [0.3, 0.4) is 0 Å². The van der Waals surface area contributed by atoms with Gasteiger partial charge in [0.25, 0.3) is 0 Å². The van der Waals surface area contributed by atoms with Gasteiger partial charge in [0.1, 0.15) is 5.82 Å². The molecule has 2 rings (SSSR count). The minimum absolute atomic E-state index is 0.0418. The predicted molar refractivity (Wildman–Crippen MR) is 101 cm³/mol. The predicted octanol–water partition coefficient (Wildman–Crippen LogP) is 3.23. The molecule has 1 atom stereocenters. The van der Waals surface area contributed by atoms with Crippen LogP contribution >= 0.6 is 11.6 Å². The Labute approximate surface area is 157 Å². The van der Waals surface area contributed by atoms with Crippen molar-refractivity contribution in [1.29, 1.82) is 0 Å². The summed E-state index contributed by atoms with van der Waals surface area (Å²) < 4.78 is 12.9. The molecule has 0 saturated carbocycles. The van der Waals surface area contributed by atoms with E-state index in [1.807, 2.05) is 19.1 Å². The number of halogens is 2. The molecule has 7 heteroatoms. The normalized spacial score (nSPS) is 11.9. The molecule has 0 aliphatic carbocycles. The minimum Gasteiger partial charge on any atom is -0.348 e. The Morgan fingerprint density at radius 3 is 2.23 bits per heavy atom. The topological polar surface area (TPSA) is 61.4 Å². The lowest BCUT2D eigenvalue weighted by Gasteiger charge is -2.19. The van der Waals surface area contributed by atoms with Gasteiger partial charge >= 0.3 is 0 Å². The average Bonchev–Trinajstić information content (AvgIpc) is 2.57. The van der Waals surface area contributed by atoms with Crippen molar-refractivity contribution in [2.75, 3.05) is 25.5 Å². The third-order valence-corrected chi connectivity index (χ3v) is 3.95. The van der Waals surface area contributed by atoms with Gasteiger partial charge in [0.05, 0.1) is 19.1 Å². The van der Waals surface area contributed by atoms with Crippen molar-refractivity contribution >= 4 is 29.1 Å². The molecule has 5 nitrogen and oxygen atoms in total. The lowest BCUT2D eigenvalue weighted by atomic mass is 10.1. The maximum absolute atomic E-state index is 12.9. The molecule has 0 saturated heterocycles. The Hall–Kier alpha value is -2.44. The maximum atomic E-state index is 12.9. The van der Waals surface area contributed by atoms with Gasteiger partial charge in [-0.3, -0.25) is 14.5 Å². The fourth-order valence-corrected chi connectivity index (χ4v) is 2.53. The van der Waals surface area contributed by atoms with Crippen molar-refractivity contribution in [2.45, 2.75) is 13.0 Å². The van der Waals surface area contributed by atoms with E-state index in [0.29, 0.717) is 10.7 Å². The average molecular weight is 378 g/mol. The molecule has 138 valence electrons. The first-order valence-corrected chi connectivity index (χ1v) is 8.50. The summed E-state index contributed by atoms with van der Waals surface area (Å²) in [6, 6.07) is 12.6. The number of nitrogens with one attached hydrogen (secondary N) is 2. The molecule has 26 heavy (non-hydrogen) atoms. The summed E-state index contributed by atoms with van der Waals surface area (Å²) in [5.74, 6) is -0.839. The quantitative estimate of drug-likeness (QED) is 0.778. The third kappa shape index (κ3) is 6.46. The summed E-state index contributed by atoms with van der Waals surface area (Å²) in [5.41, 5.74) is 1.45. The zero-order valence-electron chi connectivity index (χ0n) is 14.6. The second-order valence-corrected chi connectivity index (χ2v) is 6.50. The standard InChI is InChI=1S/C19H21ClFN3O2/c1-13(14-3-5-15(20)6-4-14)22-18(25)11-24(2)12-19(26)23-17-9-7-16(21)8-10-17/h3-10,13H,11-12H2,1-2H3,(H,22,25)(H,23,26)/t13-/m0/s1. The van der Waals surface area contributed by atoms with Crippen LogP contribution in [0, 0.1) is 5.82 Å². The number of amides is 2. The minimum atomic E-state index is -0.369. The van der Waals surface area contributed by atoms with Gasteiger partial charge in [-0.2, -0.15) is 0 Å². The lowest BCUT2D eigenvalue weighted by molar-refractivity contribution is -0.123. The number of hydrogen-bond acceptors (Lipinski definition) is 3. The van der Waals surface area contributed by atoms with E-state index in [1.165, 1.54) is 24.3 Å². The van der Waals surface area contributed by atoms with Crippen molar-refractivity contribution in [1.82, 2.24) is 10.2 Å². The van der Waals surface area contributed by atoms with Crippen LogP contribution in [0.5, 0.6) is 0 Å². The number of carbonyl (C=O) groups excluding carboxylic acids is 2. The van der Waals surface area contributed by atoms with Crippen LogP contribution in [0.2, 0.25) is 5.02 Å². The molecule has 0 fully saturated rings. The monoisotopic (exact) mass is 377 g/mol. The molecule has 2 aromatic rings. The van der Waals surface area contributed by atoms with Crippen LogP contribution in [-0.2, 0) is 9.59 Å². The van der Waals surface area contributed by atoms with Crippen LogP contribution < -0.4 is 10.6 Å². The first-order valence-electron chi connectivity index (χ1n) is 8.12. The van der Waals surface area contributed by atoms with E-state index >= 15 is 0 Å². The summed E-state index contributed by atoms with van der Waals surface area (Å²) in [6.45, 7) is 2.00. The summed E-state index contributed by atoms with van der Waals surface area (Å²) >= 11 is 5.85. The number of nitrogens with zero attached hydrogens (tertiary/aromatic N) is 1. The Balaban J connectivity index is 1.78. The van der Waals surface area contributed by atoms with Crippen molar-refractivity contribution in [3.63, 3.8) is 0 Å². The van der Waals surface area contributed by atoms with Gasteiger partial charge < -0.3 is 10.6 Å². The van der Waals surface area contributed by atoms with Crippen LogP contribution in [-0.4, -0.2) is 36.9 Å². The van der Waals surface area contributed by atoms with E-state index in [2.05, 4.69) is 10.6 Å². The molecule has 0 radical (unpaired) electrons. The molecule has 2 aromatic carbocycles. The Morgan fingerprint density at radius 2 is 1.62 bits per heavy atom. The smallest absolute Gasteiger partial charge is 0.238 e. The summed E-state index contributed by atoms with van der Waals surface area (Å²) in [4.78, 5) is 25.7. The fraction of sp³-hybridized carbons (Fsp3) is 0.263. The van der Waals surface area contributed by atoms with Gasteiger partial charge in [-0.25, -0.2) is 4.39 Å². The zero-order valence-corrected chi connectivity index (χ0v) is 15.4. The fourth-order valence-electron chi connectivity index (χ4n) is 2.40. The molecule has 0 aliphatic heterocycles. The van der Waals surface area contributed by atoms with Crippen LogP contribution in [0.1, 0.15) is 18.5 Å². The second-order valence-electron chi connectivity index (χ2n) is 6.07. The Bertz CT molecular complexity index is 750. The van der Waals surface area contributed by atoms with E-state index in [1.54, 1.807) is 24.1 Å². The molecule has 0 bridgehead atoms. The van der Waals surface area contributed by atoms with E-state index in [-0.39, 0.29) is 36.8 Å². The highest BCUT2D eigenvalue weighted by Gasteiger charge is 2.14. The number of hydrogen-bond donors (Lipinski definition) is 2. The van der Waals surface area contributed by atoms with Gasteiger partial charge in [0, 0.05) is 10.7 Å². The van der Waals surface area contributed by atoms with Gasteiger partial charge in [0.2, 0.25) is 11.8 Å². The van der Waals surface area contributed by atoms with Gasteiger partial charge in [-0.1, -0.05) is 23.7 Å². The largest absolute Gasteiger partial charge is 0.348 e. The van der Waals surface area contributed by atoms with Gasteiger partial charge in [0.15, 0.2) is 0 Å². The van der Waals surface area contributed by atoms with E-state index in [9.17, 15) is 14.0 Å². The Kier molecular flexibility index (Phi) is 7.12. The second kappa shape index (κ2) is 9.31. The SMILES string of the molecule is C[C@H](NC(=O)CN(C)CC(=O)Nc1ccc(F)cc1)c1ccc(Cl)cc1. The summed E-state index contributed by atoms with van der Waals surface area (Å²) in [5, 5.41) is 6.17. The lowest BCUT2D eigenvalue weighted by Crippen LogP contribution is -2.39. The van der Waals surface area contributed by atoms with Gasteiger partial charge in [-0.05, 0) is 55.9 Å². The first kappa shape index (κ1) is 19.9. The Morgan fingerprint density at radius 1 is 1.04 bits per heavy atom. The molecular weight excluding hydrogens is 357 g/mol. The molecule has 0 aliphatic rings. The highest BCUT2D eigenvalue weighted by molar-refractivity contribution is 6.30. The highest BCUT2D eigenvalue weighted by Crippen LogP contribution is 2.15. The maximum Gasteiger partial charge on any atom is 0.238 e. The number of anilines is 1. The molecule has 0 heterocycles. The molecule has 2 amide bonds.